The molecule has 3 heteroatoms. The van der Waals surface area contributed by atoms with Gasteiger partial charge in [-0.1, -0.05) is 32.9 Å². The van der Waals surface area contributed by atoms with Crippen LogP contribution in [-0.4, -0.2) is 10.5 Å². The standard InChI is InChI=1S/C14H18N2O/c1-14(2,3)10-6-5-9-7-12(13(15)17)16(4)11(9)8-10/h5-8H,1-4H3,(H2,15,17). The van der Waals surface area contributed by atoms with Crippen molar-refractivity contribution in [3.63, 3.8) is 0 Å². The molecule has 0 spiro atoms. The first kappa shape index (κ1) is 11.7. The molecule has 0 radical (unpaired) electrons. The maximum Gasteiger partial charge on any atom is 0.265 e. The summed E-state index contributed by atoms with van der Waals surface area (Å²) in [5.41, 5.74) is 8.29. The Bertz CT molecular complexity index is 588. The topological polar surface area (TPSA) is 48.0 Å². The molecule has 0 aliphatic heterocycles. The molecule has 2 N–H and O–H groups in total. The Hall–Kier alpha value is -1.77. The van der Waals surface area contributed by atoms with E-state index >= 15 is 0 Å². The molecule has 0 unspecified atom stereocenters. The quantitative estimate of drug-likeness (QED) is 0.804. The summed E-state index contributed by atoms with van der Waals surface area (Å²) in [6.45, 7) is 6.52. The summed E-state index contributed by atoms with van der Waals surface area (Å²) in [7, 11) is 1.87. The molecule has 0 saturated heterocycles. The number of hydrogen-bond acceptors (Lipinski definition) is 1. The molecular formula is C14H18N2O. The van der Waals surface area contributed by atoms with Gasteiger partial charge in [-0.3, -0.25) is 4.79 Å². The van der Waals surface area contributed by atoms with E-state index in [4.69, 9.17) is 5.73 Å². The third-order valence-corrected chi connectivity index (χ3v) is 3.16. The van der Waals surface area contributed by atoms with Crippen molar-refractivity contribution < 1.29 is 4.79 Å². The fourth-order valence-corrected chi connectivity index (χ4v) is 2.03. The van der Waals surface area contributed by atoms with Crippen molar-refractivity contribution in [3.8, 4) is 0 Å². The number of hydrogen-bond donors (Lipinski definition) is 1. The summed E-state index contributed by atoms with van der Waals surface area (Å²) in [5, 5.41) is 1.05. The highest BCUT2D eigenvalue weighted by Crippen LogP contribution is 2.27. The van der Waals surface area contributed by atoms with Crippen molar-refractivity contribution in [2.24, 2.45) is 12.8 Å². The number of nitrogens with zero attached hydrogens (tertiary/aromatic N) is 1. The molecule has 90 valence electrons. The Balaban J connectivity index is 2.70. The Labute approximate surface area is 101 Å². The molecule has 2 rings (SSSR count). The number of rotatable bonds is 1. The molecule has 0 saturated carbocycles. The molecule has 17 heavy (non-hydrogen) atoms. The molecule has 0 atom stereocenters. The number of amides is 1. The number of primary amides is 1. The van der Waals surface area contributed by atoms with Crippen LogP contribution in [0.15, 0.2) is 24.3 Å². The summed E-state index contributed by atoms with van der Waals surface area (Å²) >= 11 is 0. The van der Waals surface area contributed by atoms with Gasteiger partial charge in [0.05, 0.1) is 0 Å². The van der Waals surface area contributed by atoms with Crippen LogP contribution in [0.4, 0.5) is 0 Å². The van der Waals surface area contributed by atoms with Gasteiger partial charge in [0.25, 0.3) is 5.91 Å². The van der Waals surface area contributed by atoms with E-state index in [9.17, 15) is 4.79 Å². The van der Waals surface area contributed by atoms with Crippen molar-refractivity contribution in [2.75, 3.05) is 0 Å². The summed E-state index contributed by atoms with van der Waals surface area (Å²) in [5.74, 6) is -0.388. The number of nitrogens with two attached hydrogens (primary N) is 1. The zero-order valence-electron chi connectivity index (χ0n) is 10.7. The second-order valence-electron chi connectivity index (χ2n) is 5.48. The lowest BCUT2D eigenvalue weighted by Gasteiger charge is -2.19. The van der Waals surface area contributed by atoms with E-state index in [1.165, 1.54) is 5.56 Å². The molecule has 1 aromatic carbocycles. The van der Waals surface area contributed by atoms with Crippen molar-refractivity contribution in [1.82, 2.24) is 4.57 Å². The van der Waals surface area contributed by atoms with Gasteiger partial charge in [-0.2, -0.15) is 0 Å². The van der Waals surface area contributed by atoms with Crippen LogP contribution in [0.25, 0.3) is 10.9 Å². The van der Waals surface area contributed by atoms with Crippen molar-refractivity contribution in [2.45, 2.75) is 26.2 Å². The minimum atomic E-state index is -0.388. The van der Waals surface area contributed by atoms with Gasteiger partial charge in [0.15, 0.2) is 0 Å². The van der Waals surface area contributed by atoms with Crippen LogP contribution < -0.4 is 5.73 Å². The van der Waals surface area contributed by atoms with Gasteiger partial charge in [-0.05, 0) is 23.1 Å². The van der Waals surface area contributed by atoms with Gasteiger partial charge in [0.2, 0.25) is 0 Å². The van der Waals surface area contributed by atoms with Gasteiger partial charge in [-0.15, -0.1) is 0 Å². The van der Waals surface area contributed by atoms with E-state index < -0.39 is 0 Å². The van der Waals surface area contributed by atoms with Crippen molar-refractivity contribution in [1.29, 1.82) is 0 Å². The maximum absolute atomic E-state index is 11.3. The zero-order chi connectivity index (χ0) is 12.8. The smallest absolute Gasteiger partial charge is 0.265 e. The summed E-state index contributed by atoms with van der Waals surface area (Å²) < 4.78 is 1.85. The number of carbonyl (C=O) groups is 1. The van der Waals surface area contributed by atoms with E-state index in [0.29, 0.717) is 5.69 Å². The fraction of sp³-hybridized carbons (Fsp3) is 0.357. The minimum absolute atomic E-state index is 0.103. The molecule has 3 nitrogen and oxygen atoms in total. The third kappa shape index (κ3) is 1.93. The molecule has 1 heterocycles. The average molecular weight is 230 g/mol. The van der Waals surface area contributed by atoms with Crippen LogP contribution in [0.5, 0.6) is 0 Å². The van der Waals surface area contributed by atoms with E-state index in [0.717, 1.165) is 10.9 Å². The van der Waals surface area contributed by atoms with Gasteiger partial charge in [0.1, 0.15) is 5.69 Å². The van der Waals surface area contributed by atoms with Gasteiger partial charge in [-0.25, -0.2) is 0 Å². The Morgan fingerprint density at radius 3 is 2.41 bits per heavy atom. The van der Waals surface area contributed by atoms with Crippen molar-refractivity contribution >= 4 is 16.8 Å². The first-order chi connectivity index (χ1) is 7.80. The molecule has 0 aliphatic rings. The van der Waals surface area contributed by atoms with E-state index in [1.807, 2.05) is 23.7 Å². The molecule has 1 amide bonds. The second kappa shape index (κ2) is 3.62. The van der Waals surface area contributed by atoms with Gasteiger partial charge in [0, 0.05) is 18.0 Å². The van der Waals surface area contributed by atoms with E-state index in [2.05, 4.69) is 32.9 Å². The highest BCUT2D eigenvalue weighted by molar-refractivity contribution is 5.97. The molecule has 0 bridgehead atoms. The lowest BCUT2D eigenvalue weighted by molar-refractivity contribution is 0.0993. The van der Waals surface area contributed by atoms with Crippen molar-refractivity contribution in [3.05, 3.63) is 35.5 Å². The van der Waals surface area contributed by atoms with Crippen LogP contribution in [-0.2, 0) is 12.5 Å². The lowest BCUT2D eigenvalue weighted by atomic mass is 9.87. The van der Waals surface area contributed by atoms with Gasteiger partial charge >= 0.3 is 0 Å². The Kier molecular flexibility index (Phi) is 2.49. The normalized spacial score (nSPS) is 12.0. The SMILES string of the molecule is Cn1c(C(N)=O)cc2ccc(C(C)(C)C)cc21. The lowest BCUT2D eigenvalue weighted by Crippen LogP contribution is -2.15. The fourth-order valence-electron chi connectivity index (χ4n) is 2.03. The van der Waals surface area contributed by atoms with Crippen LogP contribution in [0.3, 0.4) is 0 Å². The molecule has 1 aromatic heterocycles. The summed E-state index contributed by atoms with van der Waals surface area (Å²) in [6, 6.07) is 8.11. The van der Waals surface area contributed by atoms with Crippen LogP contribution in [0.1, 0.15) is 36.8 Å². The zero-order valence-corrected chi connectivity index (χ0v) is 10.7. The third-order valence-electron chi connectivity index (χ3n) is 3.16. The largest absolute Gasteiger partial charge is 0.364 e. The minimum Gasteiger partial charge on any atom is -0.364 e. The monoisotopic (exact) mass is 230 g/mol. The van der Waals surface area contributed by atoms with Gasteiger partial charge < -0.3 is 10.3 Å². The number of fused-ring (bicyclic) bond motifs is 1. The Morgan fingerprint density at radius 1 is 1.24 bits per heavy atom. The molecule has 2 aromatic rings. The average Bonchev–Trinajstić information content (AvgIpc) is 2.54. The summed E-state index contributed by atoms with van der Waals surface area (Å²) in [4.78, 5) is 11.3. The van der Waals surface area contributed by atoms with E-state index in [-0.39, 0.29) is 11.3 Å². The highest BCUT2D eigenvalue weighted by atomic mass is 16.1. The second-order valence-corrected chi connectivity index (χ2v) is 5.48. The first-order valence-corrected chi connectivity index (χ1v) is 5.70. The maximum atomic E-state index is 11.3. The molecule has 0 fully saturated rings. The number of benzene rings is 1. The molecule has 0 aliphatic carbocycles. The van der Waals surface area contributed by atoms with Crippen LogP contribution in [0, 0.1) is 0 Å². The predicted octanol–water partition coefficient (Wildman–Crippen LogP) is 2.57. The number of aromatic nitrogens is 1. The van der Waals surface area contributed by atoms with E-state index in [1.54, 1.807) is 0 Å². The molecular weight excluding hydrogens is 212 g/mol. The highest BCUT2D eigenvalue weighted by Gasteiger charge is 2.16. The number of aryl methyl sites for hydroxylation is 1. The first-order valence-electron chi connectivity index (χ1n) is 5.70. The predicted molar refractivity (Wildman–Crippen MR) is 70.1 cm³/mol. The van der Waals surface area contributed by atoms with Crippen LogP contribution in [0.2, 0.25) is 0 Å². The Morgan fingerprint density at radius 2 is 1.88 bits per heavy atom. The van der Waals surface area contributed by atoms with Crippen LogP contribution >= 0.6 is 0 Å². The number of carbonyl (C=O) groups excluding carboxylic acids is 1. The summed E-state index contributed by atoms with van der Waals surface area (Å²) in [6.07, 6.45) is 0.